The fraction of sp³-hybridized carbons (Fsp3) is 0.0769. The number of alkyl halides is 3. The molecule has 0 radical (unpaired) electrons. The van der Waals surface area contributed by atoms with Gasteiger partial charge in [0.25, 0.3) is 5.91 Å². The molecular weight excluding hydrogens is 337 g/mol. The molecule has 0 aliphatic heterocycles. The minimum absolute atomic E-state index is 0.0858. The third-order valence-corrected chi connectivity index (χ3v) is 3.08. The summed E-state index contributed by atoms with van der Waals surface area (Å²) in [6.07, 6.45) is -3.02. The maximum Gasteiger partial charge on any atom is 0.416 e. The number of hydrogen-bond acceptors (Lipinski definition) is 2. The van der Waals surface area contributed by atoms with Gasteiger partial charge in [0, 0.05) is 11.8 Å². The van der Waals surface area contributed by atoms with Crippen LogP contribution in [0.5, 0.6) is 0 Å². The van der Waals surface area contributed by atoms with Gasteiger partial charge in [0.2, 0.25) is 0 Å². The molecule has 2 aromatic rings. The predicted molar refractivity (Wildman–Crippen MR) is 71.3 cm³/mol. The van der Waals surface area contributed by atoms with Gasteiger partial charge in [-0.1, -0.05) is 6.07 Å². The van der Waals surface area contributed by atoms with Crippen molar-refractivity contribution < 1.29 is 18.0 Å². The van der Waals surface area contributed by atoms with E-state index < -0.39 is 17.6 Å². The number of amides is 1. The minimum Gasteiger partial charge on any atom is -0.306 e. The lowest BCUT2D eigenvalue weighted by Crippen LogP contribution is -2.15. The van der Waals surface area contributed by atoms with Crippen LogP contribution in [-0.4, -0.2) is 10.9 Å². The molecule has 0 saturated carbocycles. The summed E-state index contributed by atoms with van der Waals surface area (Å²) in [5, 5.41) is 2.44. The molecule has 20 heavy (non-hydrogen) atoms. The molecule has 1 heterocycles. The van der Waals surface area contributed by atoms with Crippen LogP contribution in [-0.2, 0) is 6.18 Å². The highest BCUT2D eigenvalue weighted by Gasteiger charge is 2.30. The smallest absolute Gasteiger partial charge is 0.306 e. The summed E-state index contributed by atoms with van der Waals surface area (Å²) in [6.45, 7) is 0. The zero-order valence-corrected chi connectivity index (χ0v) is 11.5. The average molecular weight is 345 g/mol. The van der Waals surface area contributed by atoms with E-state index >= 15 is 0 Å². The molecule has 1 aromatic heterocycles. The minimum atomic E-state index is -4.48. The molecule has 2 rings (SSSR count). The highest BCUT2D eigenvalue weighted by molar-refractivity contribution is 9.10. The van der Waals surface area contributed by atoms with Gasteiger partial charge in [0.15, 0.2) is 0 Å². The van der Waals surface area contributed by atoms with Crippen LogP contribution in [0.1, 0.15) is 15.9 Å². The van der Waals surface area contributed by atoms with E-state index in [2.05, 4.69) is 26.2 Å². The maximum absolute atomic E-state index is 12.6. The molecule has 3 nitrogen and oxygen atoms in total. The standard InChI is InChI=1S/C13H8BrF3N2O/c14-10-5-2-6-18-11(10)19-12(20)8-3-1-4-9(7-8)13(15,16)17/h1-7H,(H,18,19,20). The summed E-state index contributed by atoms with van der Waals surface area (Å²) in [7, 11) is 0. The Morgan fingerprint density at radius 2 is 1.95 bits per heavy atom. The number of aromatic nitrogens is 1. The van der Waals surface area contributed by atoms with Crippen LogP contribution in [0.4, 0.5) is 19.0 Å². The van der Waals surface area contributed by atoms with Gasteiger partial charge in [0.1, 0.15) is 5.82 Å². The molecule has 0 bridgehead atoms. The number of carbonyl (C=O) groups excluding carboxylic acids is 1. The number of benzene rings is 1. The molecule has 0 aliphatic carbocycles. The summed E-state index contributed by atoms with van der Waals surface area (Å²) in [5.74, 6) is -0.412. The van der Waals surface area contributed by atoms with Crippen molar-refractivity contribution in [1.82, 2.24) is 4.98 Å². The van der Waals surface area contributed by atoms with Gasteiger partial charge in [-0.25, -0.2) is 4.98 Å². The number of halogens is 4. The first-order valence-corrected chi connectivity index (χ1v) is 6.26. The SMILES string of the molecule is O=C(Nc1ncccc1Br)c1cccc(C(F)(F)F)c1. The first kappa shape index (κ1) is 14.5. The van der Waals surface area contributed by atoms with E-state index in [1.807, 2.05) is 0 Å². The van der Waals surface area contributed by atoms with Crippen LogP contribution >= 0.6 is 15.9 Å². The molecule has 104 valence electrons. The van der Waals surface area contributed by atoms with Crippen LogP contribution in [0.2, 0.25) is 0 Å². The Morgan fingerprint density at radius 1 is 1.20 bits per heavy atom. The molecule has 1 amide bonds. The number of nitrogens with zero attached hydrogens (tertiary/aromatic N) is 1. The van der Waals surface area contributed by atoms with Crippen molar-refractivity contribution >= 4 is 27.7 Å². The molecule has 0 fully saturated rings. The van der Waals surface area contributed by atoms with Gasteiger partial charge in [0.05, 0.1) is 10.0 Å². The zero-order valence-electron chi connectivity index (χ0n) is 9.91. The van der Waals surface area contributed by atoms with Gasteiger partial charge in [-0.3, -0.25) is 4.79 Å². The Labute approximate surface area is 121 Å². The topological polar surface area (TPSA) is 42.0 Å². The Hall–Kier alpha value is -1.89. The van der Waals surface area contributed by atoms with Crippen molar-refractivity contribution in [3.05, 3.63) is 58.2 Å². The molecule has 1 aromatic carbocycles. The maximum atomic E-state index is 12.6. The van der Waals surface area contributed by atoms with E-state index in [9.17, 15) is 18.0 Å². The first-order chi connectivity index (χ1) is 9.38. The number of pyridine rings is 1. The van der Waals surface area contributed by atoms with E-state index in [0.717, 1.165) is 12.1 Å². The van der Waals surface area contributed by atoms with Crippen molar-refractivity contribution in [2.45, 2.75) is 6.18 Å². The number of hydrogen-bond donors (Lipinski definition) is 1. The second kappa shape index (κ2) is 5.62. The van der Waals surface area contributed by atoms with E-state index in [0.29, 0.717) is 4.47 Å². The van der Waals surface area contributed by atoms with Gasteiger partial charge in [-0.05, 0) is 46.3 Å². The molecule has 1 N–H and O–H groups in total. The van der Waals surface area contributed by atoms with Gasteiger partial charge >= 0.3 is 6.18 Å². The van der Waals surface area contributed by atoms with Gasteiger partial charge in [-0.2, -0.15) is 13.2 Å². The largest absolute Gasteiger partial charge is 0.416 e. The predicted octanol–water partition coefficient (Wildman–Crippen LogP) is 4.12. The van der Waals surface area contributed by atoms with Gasteiger partial charge < -0.3 is 5.32 Å². The van der Waals surface area contributed by atoms with Crippen LogP contribution in [0.25, 0.3) is 0 Å². The molecule has 0 saturated heterocycles. The lowest BCUT2D eigenvalue weighted by molar-refractivity contribution is -0.137. The summed E-state index contributed by atoms with van der Waals surface area (Å²) < 4.78 is 38.3. The summed E-state index contributed by atoms with van der Waals surface area (Å²) in [6, 6.07) is 7.52. The van der Waals surface area contributed by atoms with Crippen molar-refractivity contribution in [1.29, 1.82) is 0 Å². The summed E-state index contributed by atoms with van der Waals surface area (Å²) >= 11 is 3.19. The van der Waals surface area contributed by atoms with E-state index in [-0.39, 0.29) is 11.4 Å². The Bertz CT molecular complexity index is 644. The third-order valence-electron chi connectivity index (χ3n) is 2.44. The highest BCUT2D eigenvalue weighted by atomic mass is 79.9. The molecule has 0 atom stereocenters. The number of anilines is 1. The molecule has 7 heteroatoms. The van der Waals surface area contributed by atoms with E-state index in [1.54, 1.807) is 12.1 Å². The number of rotatable bonds is 2. The van der Waals surface area contributed by atoms with Crippen molar-refractivity contribution in [3.63, 3.8) is 0 Å². The normalized spacial score (nSPS) is 11.2. The summed E-state index contributed by atoms with van der Waals surface area (Å²) in [4.78, 5) is 15.8. The van der Waals surface area contributed by atoms with Crippen LogP contribution in [0, 0.1) is 0 Å². The Kier molecular flexibility index (Phi) is 4.08. The lowest BCUT2D eigenvalue weighted by Gasteiger charge is -2.09. The van der Waals surface area contributed by atoms with Crippen LogP contribution in [0.3, 0.4) is 0 Å². The Balaban J connectivity index is 2.24. The van der Waals surface area contributed by atoms with Crippen molar-refractivity contribution in [3.8, 4) is 0 Å². The molecule has 0 aliphatic rings. The van der Waals surface area contributed by atoms with Gasteiger partial charge in [-0.15, -0.1) is 0 Å². The lowest BCUT2D eigenvalue weighted by atomic mass is 10.1. The molecule has 0 spiro atoms. The number of nitrogens with one attached hydrogen (secondary N) is 1. The molecule has 0 unspecified atom stereocenters. The van der Waals surface area contributed by atoms with E-state index in [1.165, 1.54) is 18.3 Å². The third kappa shape index (κ3) is 3.36. The van der Waals surface area contributed by atoms with Crippen molar-refractivity contribution in [2.24, 2.45) is 0 Å². The fourth-order valence-corrected chi connectivity index (χ4v) is 1.85. The van der Waals surface area contributed by atoms with Crippen molar-refractivity contribution in [2.75, 3.05) is 5.32 Å². The molecular formula is C13H8BrF3N2O. The quantitative estimate of drug-likeness (QED) is 0.890. The second-order valence-corrected chi connectivity index (χ2v) is 4.72. The average Bonchev–Trinajstić information content (AvgIpc) is 2.40. The highest BCUT2D eigenvalue weighted by Crippen LogP contribution is 2.29. The Morgan fingerprint density at radius 3 is 2.60 bits per heavy atom. The zero-order chi connectivity index (χ0) is 14.8. The summed E-state index contributed by atoms with van der Waals surface area (Å²) in [5.41, 5.74) is -0.956. The number of carbonyl (C=O) groups is 1. The van der Waals surface area contributed by atoms with Crippen LogP contribution in [0.15, 0.2) is 47.1 Å². The van der Waals surface area contributed by atoms with E-state index in [4.69, 9.17) is 0 Å². The first-order valence-electron chi connectivity index (χ1n) is 5.47. The second-order valence-electron chi connectivity index (χ2n) is 3.87. The fourth-order valence-electron chi connectivity index (χ4n) is 1.49. The van der Waals surface area contributed by atoms with Crippen LogP contribution < -0.4 is 5.32 Å². The monoisotopic (exact) mass is 344 g/mol.